The summed E-state index contributed by atoms with van der Waals surface area (Å²) in [7, 11) is 4.73. The van der Waals surface area contributed by atoms with Crippen LogP contribution in [0, 0.1) is 5.92 Å². The van der Waals surface area contributed by atoms with Crippen LogP contribution in [0.15, 0.2) is 65.6 Å². The first-order valence-corrected chi connectivity index (χ1v) is 11.1. The average molecular weight is 452 g/mol. The predicted octanol–water partition coefficient (Wildman–Crippen LogP) is 4.07. The minimum absolute atomic E-state index is 0.150. The van der Waals surface area contributed by atoms with Gasteiger partial charge in [-0.15, -0.1) is 11.8 Å². The summed E-state index contributed by atoms with van der Waals surface area (Å²) in [5, 5.41) is 11.9. The Morgan fingerprint density at radius 2 is 1.78 bits per heavy atom. The molecule has 0 spiro atoms. The van der Waals surface area contributed by atoms with Crippen LogP contribution < -0.4 is 4.74 Å². The molecule has 3 aromatic rings. The lowest BCUT2D eigenvalue weighted by molar-refractivity contribution is -0.135. The Bertz CT molecular complexity index is 1210. The van der Waals surface area contributed by atoms with E-state index in [0.717, 1.165) is 22.7 Å². The molecule has 1 aliphatic heterocycles. The first-order chi connectivity index (χ1) is 15.3. The predicted molar refractivity (Wildman–Crippen MR) is 125 cm³/mol. The number of para-hydroxylation sites is 1. The van der Waals surface area contributed by atoms with E-state index in [1.807, 2.05) is 41.9 Å². The second-order valence-electron chi connectivity index (χ2n) is 7.97. The molecular weight excluding hydrogens is 426 g/mol. The second-order valence-corrected chi connectivity index (χ2v) is 9.16. The van der Waals surface area contributed by atoms with Crippen molar-refractivity contribution in [3.05, 3.63) is 76.8 Å². The fourth-order valence-electron chi connectivity index (χ4n) is 4.18. The van der Waals surface area contributed by atoms with Gasteiger partial charge in [0.15, 0.2) is 5.78 Å². The van der Waals surface area contributed by atoms with Gasteiger partial charge in [-0.2, -0.15) is 0 Å². The molecule has 1 aromatic heterocycles. The van der Waals surface area contributed by atoms with E-state index in [0.29, 0.717) is 21.9 Å². The van der Waals surface area contributed by atoms with Gasteiger partial charge in [-0.25, -0.2) is 4.79 Å². The summed E-state index contributed by atoms with van der Waals surface area (Å²) in [5.41, 5.74) is 0.693. The third-order valence-corrected chi connectivity index (χ3v) is 7.40. The van der Waals surface area contributed by atoms with E-state index in [-0.39, 0.29) is 5.78 Å². The fraction of sp³-hybridized carbons (Fsp3) is 0.280. The molecule has 32 heavy (non-hydrogen) atoms. The van der Waals surface area contributed by atoms with Gasteiger partial charge >= 0.3 is 5.97 Å². The summed E-state index contributed by atoms with van der Waals surface area (Å²) >= 11 is 1.14. The van der Waals surface area contributed by atoms with E-state index < -0.39 is 22.7 Å². The molecule has 2 heterocycles. The highest BCUT2D eigenvalue weighted by atomic mass is 32.2. The Labute approximate surface area is 190 Å². The zero-order valence-corrected chi connectivity index (χ0v) is 19.2. The number of aliphatic hydroxyl groups is 1. The Hall–Kier alpha value is -3.03. The normalized spacial score (nSPS) is 20.0. The number of methoxy groups -OCH3 is 2. The number of aromatic nitrogens is 1. The van der Waals surface area contributed by atoms with Crippen LogP contribution in [0.2, 0.25) is 0 Å². The molecule has 1 N–H and O–H groups in total. The number of fused-ring (bicyclic) bond motifs is 1. The van der Waals surface area contributed by atoms with Crippen LogP contribution in [0.4, 0.5) is 0 Å². The maximum atomic E-state index is 13.7. The largest absolute Gasteiger partial charge is 0.497 e. The van der Waals surface area contributed by atoms with Crippen molar-refractivity contribution < 1.29 is 24.2 Å². The van der Waals surface area contributed by atoms with Gasteiger partial charge in [-0.05, 0) is 36.8 Å². The molecule has 166 valence electrons. The number of aryl methyl sites for hydroxylation is 1. The first-order valence-electron chi connectivity index (χ1n) is 10.2. The van der Waals surface area contributed by atoms with Gasteiger partial charge in [0.05, 0.1) is 35.7 Å². The number of nitrogens with zero attached hydrogens (tertiary/aromatic N) is 1. The number of Topliss-reactive ketones (excluding diaryl/α,β-unsaturated/α-hetero) is 1. The summed E-state index contributed by atoms with van der Waals surface area (Å²) in [6.45, 7) is 1.67. The van der Waals surface area contributed by atoms with Gasteiger partial charge < -0.3 is 19.1 Å². The maximum absolute atomic E-state index is 13.7. The molecule has 0 saturated carbocycles. The van der Waals surface area contributed by atoms with E-state index in [4.69, 9.17) is 9.47 Å². The zero-order chi connectivity index (χ0) is 23.0. The SMILES string of the molecule is COC(=O)C1=C[C@@H](C(C)(O)c2ccc(OC)cc2)[C@H](C(=O)c2cc3ccccc3n2C)S1. The van der Waals surface area contributed by atoms with Gasteiger partial charge in [0.1, 0.15) is 5.75 Å². The van der Waals surface area contributed by atoms with E-state index in [1.54, 1.807) is 44.4 Å². The molecule has 0 fully saturated rings. The highest BCUT2D eigenvalue weighted by molar-refractivity contribution is 8.05. The lowest BCUT2D eigenvalue weighted by Gasteiger charge is -2.33. The van der Waals surface area contributed by atoms with Crippen molar-refractivity contribution in [2.24, 2.45) is 13.0 Å². The van der Waals surface area contributed by atoms with Gasteiger partial charge in [-0.3, -0.25) is 4.79 Å². The molecule has 7 heteroatoms. The molecular formula is C25H25NO5S. The maximum Gasteiger partial charge on any atom is 0.344 e. The molecule has 1 aliphatic rings. The lowest BCUT2D eigenvalue weighted by atomic mass is 9.79. The highest BCUT2D eigenvalue weighted by Crippen LogP contribution is 2.47. The summed E-state index contributed by atoms with van der Waals surface area (Å²) in [5.74, 6) is -0.639. The average Bonchev–Trinajstić information content (AvgIpc) is 3.41. The van der Waals surface area contributed by atoms with Crippen molar-refractivity contribution in [2.45, 2.75) is 17.8 Å². The van der Waals surface area contributed by atoms with Crippen molar-refractivity contribution in [3.63, 3.8) is 0 Å². The standard InChI is InChI=1S/C25H25NO5S/c1-25(29,16-9-11-17(30-3)12-10-16)18-14-21(24(28)31-4)32-23(18)22(27)20-13-15-7-5-6-8-19(15)26(20)2/h5-14,18,23,29H,1-4H3/t18-,23-,25?/m1/s1. The van der Waals surface area contributed by atoms with E-state index in [2.05, 4.69) is 0 Å². The number of benzene rings is 2. The molecule has 4 rings (SSSR count). The number of hydrogen-bond acceptors (Lipinski definition) is 6. The van der Waals surface area contributed by atoms with Crippen LogP contribution in [-0.2, 0) is 22.2 Å². The van der Waals surface area contributed by atoms with Gasteiger partial charge in [0, 0.05) is 23.9 Å². The number of esters is 1. The topological polar surface area (TPSA) is 77.8 Å². The number of hydrogen-bond donors (Lipinski definition) is 1. The van der Waals surface area contributed by atoms with Crippen molar-refractivity contribution in [1.82, 2.24) is 4.57 Å². The zero-order valence-electron chi connectivity index (χ0n) is 18.4. The molecule has 3 atom stereocenters. The van der Waals surface area contributed by atoms with Crippen LogP contribution in [0.25, 0.3) is 10.9 Å². The van der Waals surface area contributed by atoms with E-state index in [9.17, 15) is 14.7 Å². The minimum Gasteiger partial charge on any atom is -0.497 e. The van der Waals surface area contributed by atoms with Crippen molar-refractivity contribution in [3.8, 4) is 5.75 Å². The molecule has 0 radical (unpaired) electrons. The summed E-state index contributed by atoms with van der Waals surface area (Å²) in [6, 6.07) is 16.7. The monoisotopic (exact) mass is 451 g/mol. The van der Waals surface area contributed by atoms with Gasteiger partial charge in [0.2, 0.25) is 0 Å². The Morgan fingerprint density at radius 3 is 2.41 bits per heavy atom. The minimum atomic E-state index is -1.40. The number of ether oxygens (including phenoxy) is 2. The quantitative estimate of drug-likeness (QED) is 0.450. The molecule has 0 aliphatic carbocycles. The number of thioether (sulfide) groups is 1. The molecule has 6 nitrogen and oxygen atoms in total. The van der Waals surface area contributed by atoms with Crippen LogP contribution >= 0.6 is 11.8 Å². The first kappa shape index (κ1) is 22.2. The third kappa shape index (κ3) is 3.72. The molecule has 2 aromatic carbocycles. The number of carbonyl (C=O) groups excluding carboxylic acids is 2. The van der Waals surface area contributed by atoms with Gasteiger partial charge in [0.25, 0.3) is 0 Å². The Morgan fingerprint density at radius 1 is 1.09 bits per heavy atom. The van der Waals surface area contributed by atoms with Crippen LogP contribution in [0.1, 0.15) is 23.0 Å². The molecule has 0 bridgehead atoms. The second kappa shape index (κ2) is 8.48. The summed E-state index contributed by atoms with van der Waals surface area (Å²) < 4.78 is 12.0. The lowest BCUT2D eigenvalue weighted by Crippen LogP contribution is -2.39. The number of ketones is 1. The van der Waals surface area contributed by atoms with Crippen LogP contribution in [-0.4, -0.2) is 40.9 Å². The number of carbonyl (C=O) groups is 2. The van der Waals surface area contributed by atoms with Crippen molar-refractivity contribution >= 4 is 34.4 Å². The molecule has 1 unspecified atom stereocenters. The smallest absolute Gasteiger partial charge is 0.344 e. The molecule has 0 amide bonds. The van der Waals surface area contributed by atoms with Crippen LogP contribution in [0.5, 0.6) is 5.75 Å². The third-order valence-electron chi connectivity index (χ3n) is 6.08. The Kier molecular flexibility index (Phi) is 5.88. The summed E-state index contributed by atoms with van der Waals surface area (Å²) in [6.07, 6.45) is 1.66. The summed E-state index contributed by atoms with van der Waals surface area (Å²) in [4.78, 5) is 26.3. The van der Waals surface area contributed by atoms with E-state index in [1.165, 1.54) is 7.11 Å². The van der Waals surface area contributed by atoms with Crippen LogP contribution in [0.3, 0.4) is 0 Å². The highest BCUT2D eigenvalue weighted by Gasteiger charge is 2.47. The fourth-order valence-corrected chi connectivity index (χ4v) is 5.58. The van der Waals surface area contributed by atoms with E-state index >= 15 is 0 Å². The van der Waals surface area contributed by atoms with Crippen molar-refractivity contribution in [2.75, 3.05) is 14.2 Å². The van der Waals surface area contributed by atoms with Crippen molar-refractivity contribution in [1.29, 1.82) is 0 Å². The number of rotatable bonds is 6. The van der Waals surface area contributed by atoms with Gasteiger partial charge in [-0.1, -0.05) is 36.4 Å². The molecule has 0 saturated heterocycles. The Balaban J connectivity index is 1.76.